The maximum absolute atomic E-state index is 14.4. The fourth-order valence-electron chi connectivity index (χ4n) is 2.79. The van der Waals surface area contributed by atoms with E-state index in [0.29, 0.717) is 22.6 Å². The van der Waals surface area contributed by atoms with E-state index >= 15 is 0 Å². The van der Waals surface area contributed by atoms with Gasteiger partial charge in [0.05, 0.1) is 17.4 Å². The molecule has 2 heterocycles. The van der Waals surface area contributed by atoms with E-state index in [0.717, 1.165) is 15.7 Å². The van der Waals surface area contributed by atoms with Crippen molar-refractivity contribution in [3.05, 3.63) is 64.1 Å². The highest BCUT2D eigenvalue weighted by molar-refractivity contribution is 9.10. The van der Waals surface area contributed by atoms with Crippen molar-refractivity contribution in [3.8, 4) is 22.5 Å². The molecule has 0 radical (unpaired) electrons. The minimum Gasteiger partial charge on any atom is -0.321 e. The molecule has 0 aliphatic heterocycles. The second kappa shape index (κ2) is 7.31. The molecule has 0 saturated heterocycles. The van der Waals surface area contributed by atoms with Gasteiger partial charge in [-0.2, -0.15) is 10.3 Å². The number of hydrogen-bond acceptors (Lipinski definition) is 5. The first-order chi connectivity index (χ1) is 13.5. The molecular formula is C18H13BrFN7O. The van der Waals surface area contributed by atoms with E-state index < -0.39 is 11.7 Å². The van der Waals surface area contributed by atoms with Crippen LogP contribution in [0.3, 0.4) is 0 Å². The molecule has 140 valence electrons. The Morgan fingerprint density at radius 2 is 2.04 bits per heavy atom. The zero-order valence-corrected chi connectivity index (χ0v) is 16.1. The maximum atomic E-state index is 14.4. The van der Waals surface area contributed by atoms with Crippen LogP contribution in [0.5, 0.6) is 0 Å². The van der Waals surface area contributed by atoms with Gasteiger partial charge in [-0.1, -0.05) is 22.0 Å². The van der Waals surface area contributed by atoms with Crippen molar-refractivity contribution in [2.45, 2.75) is 6.92 Å². The van der Waals surface area contributed by atoms with Gasteiger partial charge >= 0.3 is 0 Å². The van der Waals surface area contributed by atoms with Gasteiger partial charge in [-0.15, -0.1) is 10.2 Å². The number of halogens is 2. The number of aryl methyl sites for hydroxylation is 1. The van der Waals surface area contributed by atoms with Gasteiger partial charge in [0.2, 0.25) is 5.82 Å². The molecule has 0 unspecified atom stereocenters. The summed E-state index contributed by atoms with van der Waals surface area (Å²) in [4.78, 5) is 12.8. The Morgan fingerprint density at radius 1 is 1.18 bits per heavy atom. The van der Waals surface area contributed by atoms with E-state index in [1.165, 1.54) is 12.1 Å². The molecule has 8 nitrogen and oxygen atoms in total. The molecule has 3 N–H and O–H groups in total. The number of carbonyl (C=O) groups is 1. The zero-order valence-electron chi connectivity index (χ0n) is 14.5. The van der Waals surface area contributed by atoms with Crippen molar-refractivity contribution in [2.75, 3.05) is 5.32 Å². The van der Waals surface area contributed by atoms with Crippen LogP contribution >= 0.6 is 15.9 Å². The molecule has 0 aliphatic carbocycles. The summed E-state index contributed by atoms with van der Waals surface area (Å²) in [5.41, 5.74) is 3.19. The number of carbonyl (C=O) groups excluding carboxylic acids is 1. The average Bonchev–Trinajstić information content (AvgIpc) is 3.34. The van der Waals surface area contributed by atoms with Gasteiger partial charge in [0.25, 0.3) is 5.91 Å². The SMILES string of the molecule is Cc1[nH]ncc1-c1ccc(F)c(C(=O)Nc2cc(Br)ccc2-c2nn[nH]n2)c1. The summed E-state index contributed by atoms with van der Waals surface area (Å²) in [6.45, 7) is 1.85. The molecular weight excluding hydrogens is 429 g/mol. The van der Waals surface area contributed by atoms with Crippen molar-refractivity contribution in [1.29, 1.82) is 0 Å². The lowest BCUT2D eigenvalue weighted by molar-refractivity contribution is 0.102. The van der Waals surface area contributed by atoms with Crippen LogP contribution in [0.1, 0.15) is 16.1 Å². The van der Waals surface area contributed by atoms with E-state index in [1.807, 2.05) is 6.92 Å². The Morgan fingerprint density at radius 3 is 2.75 bits per heavy atom. The summed E-state index contributed by atoms with van der Waals surface area (Å²) >= 11 is 3.37. The second-order valence-corrected chi connectivity index (χ2v) is 6.90. The largest absolute Gasteiger partial charge is 0.321 e. The predicted octanol–water partition coefficient (Wildman–Crippen LogP) is 3.72. The van der Waals surface area contributed by atoms with Gasteiger partial charge in [-0.3, -0.25) is 9.89 Å². The molecule has 28 heavy (non-hydrogen) atoms. The van der Waals surface area contributed by atoms with Gasteiger partial charge in [0, 0.05) is 21.3 Å². The van der Waals surface area contributed by atoms with Crippen molar-refractivity contribution >= 4 is 27.5 Å². The van der Waals surface area contributed by atoms with Crippen LogP contribution in [-0.4, -0.2) is 36.7 Å². The fraction of sp³-hybridized carbons (Fsp3) is 0.0556. The summed E-state index contributed by atoms with van der Waals surface area (Å²) in [6, 6.07) is 9.56. The highest BCUT2D eigenvalue weighted by Crippen LogP contribution is 2.29. The Kier molecular flexibility index (Phi) is 4.70. The molecule has 0 bridgehead atoms. The number of nitrogens with zero attached hydrogens (tertiary/aromatic N) is 4. The van der Waals surface area contributed by atoms with Crippen LogP contribution in [0.4, 0.5) is 10.1 Å². The summed E-state index contributed by atoms with van der Waals surface area (Å²) in [5, 5.41) is 23.3. The first-order valence-electron chi connectivity index (χ1n) is 8.17. The first-order valence-corrected chi connectivity index (χ1v) is 8.97. The highest BCUT2D eigenvalue weighted by Gasteiger charge is 2.18. The monoisotopic (exact) mass is 441 g/mol. The standard InChI is InChI=1S/C18H13BrFN7O/c1-9-14(8-21-23-9)10-2-5-15(20)13(6-10)18(28)22-16-7-11(19)3-4-12(16)17-24-26-27-25-17/h2-8H,1H3,(H,21,23)(H,22,28)(H,24,25,26,27). The van der Waals surface area contributed by atoms with Crippen LogP contribution in [0.25, 0.3) is 22.5 Å². The van der Waals surface area contributed by atoms with Crippen molar-refractivity contribution in [1.82, 2.24) is 30.8 Å². The minimum absolute atomic E-state index is 0.0860. The molecule has 0 saturated carbocycles. The van der Waals surface area contributed by atoms with Crippen molar-refractivity contribution < 1.29 is 9.18 Å². The Balaban J connectivity index is 1.70. The Hall–Kier alpha value is -3.40. The third kappa shape index (κ3) is 3.41. The van der Waals surface area contributed by atoms with Gasteiger partial charge in [-0.05, 0) is 48.0 Å². The molecule has 0 atom stereocenters. The molecule has 4 aromatic rings. The number of H-pyrrole nitrogens is 2. The molecule has 0 aliphatic rings. The number of amides is 1. The normalized spacial score (nSPS) is 10.8. The van der Waals surface area contributed by atoms with Crippen molar-refractivity contribution in [3.63, 3.8) is 0 Å². The number of benzene rings is 2. The zero-order chi connectivity index (χ0) is 19.7. The molecule has 0 spiro atoms. The maximum Gasteiger partial charge on any atom is 0.258 e. The van der Waals surface area contributed by atoms with E-state index in [1.54, 1.807) is 30.5 Å². The summed E-state index contributed by atoms with van der Waals surface area (Å²) in [7, 11) is 0. The summed E-state index contributed by atoms with van der Waals surface area (Å²) < 4.78 is 15.1. The van der Waals surface area contributed by atoms with E-state index in [9.17, 15) is 9.18 Å². The van der Waals surface area contributed by atoms with Crippen LogP contribution in [0.2, 0.25) is 0 Å². The van der Waals surface area contributed by atoms with Gasteiger partial charge in [0.15, 0.2) is 0 Å². The van der Waals surface area contributed by atoms with Crippen LogP contribution in [-0.2, 0) is 0 Å². The first kappa shape index (κ1) is 18.0. The summed E-state index contributed by atoms with van der Waals surface area (Å²) in [5.74, 6) is -0.909. The van der Waals surface area contributed by atoms with Crippen LogP contribution < -0.4 is 5.32 Å². The van der Waals surface area contributed by atoms with Crippen molar-refractivity contribution in [2.24, 2.45) is 0 Å². The van der Waals surface area contributed by atoms with Gasteiger partial charge < -0.3 is 5.32 Å². The number of tetrazole rings is 1. The minimum atomic E-state index is -0.626. The topological polar surface area (TPSA) is 112 Å². The lowest BCUT2D eigenvalue weighted by Gasteiger charge is -2.11. The molecule has 1 amide bonds. The molecule has 10 heteroatoms. The number of hydrogen-bond donors (Lipinski definition) is 3. The van der Waals surface area contributed by atoms with E-state index in [4.69, 9.17) is 0 Å². The molecule has 2 aromatic heterocycles. The smallest absolute Gasteiger partial charge is 0.258 e. The van der Waals surface area contributed by atoms with Crippen LogP contribution in [0, 0.1) is 12.7 Å². The lowest BCUT2D eigenvalue weighted by atomic mass is 10.0. The molecule has 0 fully saturated rings. The molecule has 2 aromatic carbocycles. The van der Waals surface area contributed by atoms with E-state index in [-0.39, 0.29) is 5.56 Å². The quantitative estimate of drug-likeness (QED) is 0.446. The number of rotatable bonds is 4. The predicted molar refractivity (Wildman–Crippen MR) is 104 cm³/mol. The average molecular weight is 442 g/mol. The lowest BCUT2D eigenvalue weighted by Crippen LogP contribution is -2.15. The number of aromatic amines is 2. The van der Waals surface area contributed by atoms with E-state index in [2.05, 4.69) is 52.1 Å². The van der Waals surface area contributed by atoms with Crippen LogP contribution in [0.15, 0.2) is 47.1 Å². The Labute approximate surface area is 166 Å². The number of aromatic nitrogens is 6. The second-order valence-electron chi connectivity index (χ2n) is 5.98. The number of anilines is 1. The molecule has 4 rings (SSSR count). The van der Waals surface area contributed by atoms with Gasteiger partial charge in [-0.25, -0.2) is 4.39 Å². The highest BCUT2D eigenvalue weighted by atomic mass is 79.9. The third-order valence-electron chi connectivity index (χ3n) is 4.17. The third-order valence-corrected chi connectivity index (χ3v) is 4.66. The Bertz CT molecular complexity index is 1160. The fourth-order valence-corrected chi connectivity index (χ4v) is 3.15. The van der Waals surface area contributed by atoms with Gasteiger partial charge in [0.1, 0.15) is 5.82 Å². The summed E-state index contributed by atoms with van der Waals surface area (Å²) in [6.07, 6.45) is 1.63. The number of nitrogens with one attached hydrogen (secondary N) is 3.